The predicted molar refractivity (Wildman–Crippen MR) is 93.0 cm³/mol. The van der Waals surface area contributed by atoms with Gasteiger partial charge in [0.1, 0.15) is 10.7 Å². The topological polar surface area (TPSA) is 83.1 Å². The number of anilines is 1. The SMILES string of the molecule is Cc1ccnc(C2CC2)c1NC(=O)NC(=O)C1=CC(F)=C(Cl)NC1Cl. The van der Waals surface area contributed by atoms with E-state index in [0.29, 0.717) is 11.6 Å². The fraction of sp³-hybridized carbons (Fsp3) is 0.312. The van der Waals surface area contributed by atoms with Gasteiger partial charge in [-0.25, -0.2) is 9.18 Å². The second-order valence-corrected chi connectivity index (χ2v) is 6.65. The number of rotatable bonds is 3. The first-order valence-corrected chi connectivity index (χ1v) is 8.43. The van der Waals surface area contributed by atoms with Crippen molar-refractivity contribution in [2.45, 2.75) is 31.2 Å². The van der Waals surface area contributed by atoms with Gasteiger partial charge in [-0.3, -0.25) is 15.1 Å². The highest BCUT2D eigenvalue weighted by Gasteiger charge is 2.30. The number of urea groups is 1. The van der Waals surface area contributed by atoms with E-state index in [2.05, 4.69) is 20.9 Å². The van der Waals surface area contributed by atoms with E-state index in [4.69, 9.17) is 23.2 Å². The third-order valence-electron chi connectivity index (χ3n) is 3.90. The summed E-state index contributed by atoms with van der Waals surface area (Å²) in [5.74, 6) is -1.33. The minimum absolute atomic E-state index is 0.149. The molecule has 3 N–H and O–H groups in total. The van der Waals surface area contributed by atoms with Gasteiger partial charge in [0.25, 0.3) is 5.91 Å². The van der Waals surface area contributed by atoms with Crippen LogP contribution in [0.2, 0.25) is 0 Å². The lowest BCUT2D eigenvalue weighted by molar-refractivity contribution is -0.116. The molecule has 9 heteroatoms. The molecule has 1 fully saturated rings. The van der Waals surface area contributed by atoms with Gasteiger partial charge in [-0.1, -0.05) is 23.2 Å². The molecule has 1 unspecified atom stereocenters. The molecule has 132 valence electrons. The summed E-state index contributed by atoms with van der Waals surface area (Å²) >= 11 is 11.5. The standard InChI is InChI=1S/C16H15Cl2FN4O2/c1-7-4-5-20-12(8-2-3-8)11(7)21-16(25)23-15(24)9-6-10(19)14(18)22-13(9)17/h4-6,8,13,22H,2-3H2,1H3,(H2,21,23,24,25). The number of aromatic nitrogens is 1. The van der Waals surface area contributed by atoms with Crippen LogP contribution in [0.1, 0.15) is 30.0 Å². The Bertz CT molecular complexity index is 805. The third-order valence-corrected chi connectivity index (χ3v) is 4.53. The van der Waals surface area contributed by atoms with Gasteiger partial charge in [-0.05, 0) is 37.5 Å². The first kappa shape index (κ1) is 17.7. The van der Waals surface area contributed by atoms with Crippen LogP contribution in [0, 0.1) is 6.92 Å². The minimum atomic E-state index is -1.04. The number of carbonyl (C=O) groups excluding carboxylic acids is 2. The van der Waals surface area contributed by atoms with Gasteiger partial charge in [-0.15, -0.1) is 0 Å². The van der Waals surface area contributed by atoms with Crippen LogP contribution in [-0.2, 0) is 4.79 Å². The summed E-state index contributed by atoms with van der Waals surface area (Å²) in [5, 5.41) is 6.88. The lowest BCUT2D eigenvalue weighted by atomic mass is 10.1. The largest absolute Gasteiger partial charge is 0.354 e. The highest BCUT2D eigenvalue weighted by molar-refractivity contribution is 6.32. The Morgan fingerprint density at radius 1 is 1.40 bits per heavy atom. The van der Waals surface area contributed by atoms with E-state index >= 15 is 0 Å². The van der Waals surface area contributed by atoms with Crippen molar-refractivity contribution < 1.29 is 14.0 Å². The molecule has 0 bridgehead atoms. The molecule has 0 saturated heterocycles. The van der Waals surface area contributed by atoms with Gasteiger partial charge in [0.05, 0.1) is 17.0 Å². The third kappa shape index (κ3) is 3.93. The van der Waals surface area contributed by atoms with Crippen molar-refractivity contribution in [3.8, 4) is 0 Å². The van der Waals surface area contributed by atoms with Crippen LogP contribution >= 0.6 is 23.2 Å². The van der Waals surface area contributed by atoms with Crippen LogP contribution in [0.3, 0.4) is 0 Å². The van der Waals surface area contributed by atoms with Gasteiger partial charge in [0, 0.05) is 12.1 Å². The van der Waals surface area contributed by atoms with Gasteiger partial charge < -0.3 is 10.6 Å². The molecule has 2 heterocycles. The zero-order valence-electron chi connectivity index (χ0n) is 13.2. The molecule has 1 aliphatic heterocycles. The smallest absolute Gasteiger partial charge is 0.326 e. The number of allylic oxidation sites excluding steroid dienone is 2. The van der Waals surface area contributed by atoms with Crippen molar-refractivity contribution in [1.29, 1.82) is 0 Å². The number of aryl methyl sites for hydroxylation is 1. The van der Waals surface area contributed by atoms with Crippen molar-refractivity contribution in [3.05, 3.63) is 46.2 Å². The second kappa shape index (κ2) is 7.01. The van der Waals surface area contributed by atoms with E-state index in [0.717, 1.165) is 30.2 Å². The maximum atomic E-state index is 13.5. The van der Waals surface area contributed by atoms with Crippen molar-refractivity contribution in [1.82, 2.24) is 15.6 Å². The number of amides is 3. The lowest BCUT2D eigenvalue weighted by Gasteiger charge is -2.20. The molecule has 0 aromatic carbocycles. The van der Waals surface area contributed by atoms with Crippen LogP contribution in [0.15, 0.2) is 34.9 Å². The van der Waals surface area contributed by atoms with E-state index < -0.39 is 23.3 Å². The van der Waals surface area contributed by atoms with Gasteiger partial charge in [0.2, 0.25) is 0 Å². The van der Waals surface area contributed by atoms with Crippen LogP contribution in [0.5, 0.6) is 0 Å². The first-order valence-electron chi connectivity index (χ1n) is 7.62. The van der Waals surface area contributed by atoms with Crippen molar-refractivity contribution in [2.24, 2.45) is 0 Å². The molecule has 1 aliphatic carbocycles. The Kier molecular flexibility index (Phi) is 4.96. The molecule has 0 radical (unpaired) electrons. The zero-order valence-corrected chi connectivity index (χ0v) is 14.7. The highest BCUT2D eigenvalue weighted by Crippen LogP contribution is 2.42. The Balaban J connectivity index is 1.71. The molecule has 1 saturated carbocycles. The molecular formula is C16H15Cl2FN4O2. The summed E-state index contributed by atoms with van der Waals surface area (Å²) in [7, 11) is 0. The maximum Gasteiger partial charge on any atom is 0.326 e. The number of carbonyl (C=O) groups is 2. The van der Waals surface area contributed by atoms with Gasteiger partial charge in [0.15, 0.2) is 5.83 Å². The normalized spacial score (nSPS) is 19.8. The number of pyridine rings is 1. The highest BCUT2D eigenvalue weighted by atomic mass is 35.5. The molecule has 2 aliphatic rings. The molecule has 1 atom stereocenters. The Hall–Kier alpha value is -2.12. The summed E-state index contributed by atoms with van der Waals surface area (Å²) in [5.41, 5.74) is 1.04. The average molecular weight is 385 g/mol. The fourth-order valence-electron chi connectivity index (χ4n) is 2.44. The quantitative estimate of drug-likeness (QED) is 0.550. The van der Waals surface area contributed by atoms with Crippen molar-refractivity contribution >= 4 is 40.8 Å². The van der Waals surface area contributed by atoms with Crippen LogP contribution in [-0.4, -0.2) is 22.4 Å². The molecule has 1 aromatic rings. The van der Waals surface area contributed by atoms with Crippen LogP contribution in [0.25, 0.3) is 0 Å². The maximum absolute atomic E-state index is 13.5. The van der Waals surface area contributed by atoms with E-state index in [1.165, 1.54) is 0 Å². The van der Waals surface area contributed by atoms with E-state index in [9.17, 15) is 14.0 Å². The van der Waals surface area contributed by atoms with Gasteiger partial charge in [-0.2, -0.15) is 0 Å². The number of nitrogens with zero attached hydrogens (tertiary/aromatic N) is 1. The van der Waals surface area contributed by atoms with Crippen molar-refractivity contribution in [3.63, 3.8) is 0 Å². The predicted octanol–water partition coefficient (Wildman–Crippen LogP) is 3.39. The summed E-state index contributed by atoms with van der Waals surface area (Å²) in [4.78, 5) is 28.7. The lowest BCUT2D eigenvalue weighted by Crippen LogP contribution is -2.41. The summed E-state index contributed by atoms with van der Waals surface area (Å²) < 4.78 is 13.5. The summed E-state index contributed by atoms with van der Waals surface area (Å²) in [6.07, 6.45) is 4.62. The fourth-order valence-corrected chi connectivity index (χ4v) is 2.93. The molecule has 25 heavy (non-hydrogen) atoms. The van der Waals surface area contributed by atoms with Crippen molar-refractivity contribution in [2.75, 3.05) is 5.32 Å². The number of imide groups is 1. The number of nitrogens with one attached hydrogen (secondary N) is 3. The van der Waals surface area contributed by atoms with E-state index in [1.807, 2.05) is 6.92 Å². The number of hydrogen-bond donors (Lipinski definition) is 3. The van der Waals surface area contributed by atoms with Crippen LogP contribution in [0.4, 0.5) is 14.9 Å². The second-order valence-electron chi connectivity index (χ2n) is 5.84. The van der Waals surface area contributed by atoms with Crippen LogP contribution < -0.4 is 16.0 Å². The molecule has 1 aromatic heterocycles. The molecule has 3 amide bonds. The van der Waals surface area contributed by atoms with E-state index in [-0.39, 0.29) is 10.7 Å². The zero-order chi connectivity index (χ0) is 18.1. The number of dihydropyridines is 1. The monoisotopic (exact) mass is 384 g/mol. The Morgan fingerprint density at radius 3 is 2.80 bits per heavy atom. The first-order chi connectivity index (χ1) is 11.9. The molecular weight excluding hydrogens is 370 g/mol. The summed E-state index contributed by atoms with van der Waals surface area (Å²) in [6, 6.07) is 1.03. The average Bonchev–Trinajstić information content (AvgIpc) is 3.37. The number of halogens is 3. The van der Waals surface area contributed by atoms with Gasteiger partial charge >= 0.3 is 6.03 Å². The molecule has 0 spiro atoms. The van der Waals surface area contributed by atoms with E-state index in [1.54, 1.807) is 12.3 Å². The summed E-state index contributed by atoms with van der Waals surface area (Å²) in [6.45, 7) is 1.84. The Labute approximate surface area is 153 Å². The Morgan fingerprint density at radius 2 is 2.12 bits per heavy atom. The molecule has 3 rings (SSSR count). The number of hydrogen-bond acceptors (Lipinski definition) is 4. The number of alkyl halides is 1. The molecule has 6 nitrogen and oxygen atoms in total. The minimum Gasteiger partial charge on any atom is -0.354 e.